The van der Waals surface area contributed by atoms with Gasteiger partial charge in [0, 0.05) is 18.5 Å². The smallest absolute Gasteiger partial charge is 0.326 e. The van der Waals surface area contributed by atoms with E-state index in [1.807, 2.05) is 24.3 Å². The van der Waals surface area contributed by atoms with E-state index in [1.165, 1.54) is 4.90 Å². The molecule has 4 rings (SSSR count). The molecule has 0 fully saturated rings. The molecule has 28 heavy (non-hydrogen) atoms. The highest BCUT2D eigenvalue weighted by molar-refractivity contribution is 5.97. The van der Waals surface area contributed by atoms with Gasteiger partial charge in [-0.3, -0.25) is 9.59 Å². The third-order valence-corrected chi connectivity index (χ3v) is 4.89. The maximum absolute atomic E-state index is 12.6. The van der Waals surface area contributed by atoms with Crippen molar-refractivity contribution in [3.05, 3.63) is 59.2 Å². The zero-order chi connectivity index (χ0) is 19.7. The number of aliphatic carboxylic acids is 1. The summed E-state index contributed by atoms with van der Waals surface area (Å²) in [5.41, 5.74) is 2.16. The minimum Gasteiger partial charge on any atom is -0.480 e. The van der Waals surface area contributed by atoms with E-state index in [2.05, 4.69) is 5.32 Å². The highest BCUT2D eigenvalue weighted by atomic mass is 16.7. The normalized spacial score (nSPS) is 17.0. The molecule has 0 aromatic heterocycles. The van der Waals surface area contributed by atoms with Crippen LogP contribution in [0.5, 0.6) is 11.5 Å². The van der Waals surface area contributed by atoms with Crippen molar-refractivity contribution in [3.63, 3.8) is 0 Å². The van der Waals surface area contributed by atoms with E-state index in [0.717, 1.165) is 11.1 Å². The number of ether oxygens (including phenoxy) is 2. The van der Waals surface area contributed by atoms with Crippen LogP contribution in [-0.2, 0) is 22.6 Å². The first kappa shape index (κ1) is 17.8. The number of carbonyl (C=O) groups excluding carboxylic acids is 2. The molecule has 0 saturated carbocycles. The van der Waals surface area contributed by atoms with Crippen molar-refractivity contribution < 1.29 is 29.0 Å². The molecule has 0 aliphatic carbocycles. The lowest BCUT2D eigenvalue weighted by Crippen LogP contribution is -2.51. The van der Waals surface area contributed by atoms with Gasteiger partial charge < -0.3 is 24.8 Å². The number of amides is 2. The van der Waals surface area contributed by atoms with Gasteiger partial charge in [0.25, 0.3) is 5.91 Å². The molecule has 2 N–H and O–H groups in total. The van der Waals surface area contributed by atoms with Gasteiger partial charge in [0.05, 0.1) is 6.54 Å². The predicted octanol–water partition coefficient (Wildman–Crippen LogP) is 1.18. The third-order valence-electron chi connectivity index (χ3n) is 4.89. The molecule has 8 nitrogen and oxygen atoms in total. The number of rotatable bonds is 4. The second-order valence-electron chi connectivity index (χ2n) is 6.60. The lowest BCUT2D eigenvalue weighted by Gasteiger charge is -2.34. The molecular formula is C20H18N2O6. The average Bonchev–Trinajstić information content (AvgIpc) is 3.18. The van der Waals surface area contributed by atoms with E-state index < -0.39 is 23.8 Å². The van der Waals surface area contributed by atoms with Gasteiger partial charge >= 0.3 is 5.97 Å². The molecule has 2 aromatic rings. The summed E-state index contributed by atoms with van der Waals surface area (Å²) in [7, 11) is 0. The molecule has 1 atom stereocenters. The maximum Gasteiger partial charge on any atom is 0.326 e. The monoisotopic (exact) mass is 382 g/mol. The fourth-order valence-electron chi connectivity index (χ4n) is 3.40. The molecule has 0 bridgehead atoms. The quantitative estimate of drug-likeness (QED) is 0.823. The van der Waals surface area contributed by atoms with Crippen molar-refractivity contribution in [3.8, 4) is 11.5 Å². The van der Waals surface area contributed by atoms with Crippen LogP contribution in [0, 0.1) is 0 Å². The highest BCUT2D eigenvalue weighted by Gasteiger charge is 2.34. The Kier molecular flexibility index (Phi) is 4.60. The summed E-state index contributed by atoms with van der Waals surface area (Å²) in [4.78, 5) is 37.9. The van der Waals surface area contributed by atoms with Gasteiger partial charge in [-0.1, -0.05) is 24.3 Å². The first-order valence-corrected chi connectivity index (χ1v) is 8.80. The molecule has 0 radical (unpaired) electrons. The van der Waals surface area contributed by atoms with Crippen molar-refractivity contribution in [1.29, 1.82) is 0 Å². The Labute approximate surface area is 160 Å². The van der Waals surface area contributed by atoms with E-state index >= 15 is 0 Å². The summed E-state index contributed by atoms with van der Waals surface area (Å²) in [6, 6.07) is 11.2. The van der Waals surface area contributed by atoms with Gasteiger partial charge in [0.15, 0.2) is 11.5 Å². The molecule has 144 valence electrons. The van der Waals surface area contributed by atoms with Crippen LogP contribution in [0.4, 0.5) is 0 Å². The molecule has 8 heteroatoms. The van der Waals surface area contributed by atoms with Crippen LogP contribution in [0.15, 0.2) is 42.5 Å². The molecule has 2 heterocycles. The summed E-state index contributed by atoms with van der Waals surface area (Å²) in [5.74, 6) is -0.932. The zero-order valence-electron chi connectivity index (χ0n) is 14.9. The molecule has 1 unspecified atom stereocenters. The van der Waals surface area contributed by atoms with Crippen LogP contribution >= 0.6 is 0 Å². The summed E-state index contributed by atoms with van der Waals surface area (Å²) < 4.78 is 10.4. The second-order valence-corrected chi connectivity index (χ2v) is 6.60. The molecule has 2 aliphatic heterocycles. The standard InChI is InChI=1S/C20H18N2O6/c23-18(9-21-19(24)13-5-6-16-17(8-13)28-11-27-16)22-10-14-4-2-1-3-12(14)7-15(22)20(25)26/h1-6,8,15H,7,9-11H2,(H,21,24)(H,25,26). The number of nitrogens with one attached hydrogen (secondary N) is 1. The first-order valence-electron chi connectivity index (χ1n) is 8.80. The number of fused-ring (bicyclic) bond motifs is 2. The SMILES string of the molecule is O=C(NCC(=O)N1Cc2ccccc2CC1C(=O)O)c1ccc2c(c1)OCO2. The Bertz CT molecular complexity index is 957. The number of carboxylic acids is 1. The fourth-order valence-corrected chi connectivity index (χ4v) is 3.40. The lowest BCUT2D eigenvalue weighted by atomic mass is 9.94. The second kappa shape index (κ2) is 7.22. The summed E-state index contributed by atoms with van der Waals surface area (Å²) in [6.07, 6.45) is 0.243. The van der Waals surface area contributed by atoms with E-state index in [9.17, 15) is 19.5 Å². The van der Waals surface area contributed by atoms with E-state index in [4.69, 9.17) is 9.47 Å². The minimum absolute atomic E-state index is 0.103. The number of hydrogen-bond donors (Lipinski definition) is 2. The van der Waals surface area contributed by atoms with Gasteiger partial charge in [0.1, 0.15) is 6.04 Å². The van der Waals surface area contributed by atoms with Crippen LogP contribution in [0.25, 0.3) is 0 Å². The van der Waals surface area contributed by atoms with Crippen molar-refractivity contribution in [1.82, 2.24) is 10.2 Å². The third kappa shape index (κ3) is 3.36. The molecule has 0 saturated heterocycles. The summed E-state index contributed by atoms with van der Waals surface area (Å²) >= 11 is 0. The van der Waals surface area contributed by atoms with Crippen molar-refractivity contribution in [2.24, 2.45) is 0 Å². The van der Waals surface area contributed by atoms with Gasteiger partial charge in [-0.05, 0) is 29.3 Å². The lowest BCUT2D eigenvalue weighted by molar-refractivity contribution is -0.150. The van der Waals surface area contributed by atoms with Crippen molar-refractivity contribution >= 4 is 17.8 Å². The largest absolute Gasteiger partial charge is 0.480 e. The Hall–Kier alpha value is -3.55. The highest BCUT2D eigenvalue weighted by Crippen LogP contribution is 2.32. The Morgan fingerprint density at radius 1 is 1.07 bits per heavy atom. The Morgan fingerprint density at radius 2 is 1.82 bits per heavy atom. The molecule has 2 aromatic carbocycles. The topological polar surface area (TPSA) is 105 Å². The van der Waals surface area contributed by atoms with Gasteiger partial charge in [-0.15, -0.1) is 0 Å². The van der Waals surface area contributed by atoms with Crippen molar-refractivity contribution in [2.45, 2.75) is 19.0 Å². The van der Waals surface area contributed by atoms with Gasteiger partial charge in [-0.25, -0.2) is 4.79 Å². The summed E-state index contributed by atoms with van der Waals surface area (Å²) in [5, 5.41) is 12.1. The Morgan fingerprint density at radius 3 is 2.61 bits per heavy atom. The number of carboxylic acid groups (broad SMARTS) is 1. The Balaban J connectivity index is 1.44. The van der Waals surface area contributed by atoms with Crippen LogP contribution in [0.3, 0.4) is 0 Å². The number of benzene rings is 2. The van der Waals surface area contributed by atoms with Crippen LogP contribution in [0.2, 0.25) is 0 Å². The predicted molar refractivity (Wildman–Crippen MR) is 97.0 cm³/mol. The van der Waals surface area contributed by atoms with Crippen LogP contribution in [0.1, 0.15) is 21.5 Å². The molecule has 2 amide bonds. The molecular weight excluding hydrogens is 364 g/mol. The number of nitrogens with zero attached hydrogens (tertiary/aromatic N) is 1. The van der Waals surface area contributed by atoms with Crippen molar-refractivity contribution in [2.75, 3.05) is 13.3 Å². The average molecular weight is 382 g/mol. The minimum atomic E-state index is -1.06. The van der Waals surface area contributed by atoms with Gasteiger partial charge in [-0.2, -0.15) is 0 Å². The zero-order valence-corrected chi connectivity index (χ0v) is 14.9. The number of carbonyl (C=O) groups is 3. The fraction of sp³-hybridized carbons (Fsp3) is 0.250. The van der Waals surface area contributed by atoms with Gasteiger partial charge in [0.2, 0.25) is 12.7 Å². The van der Waals surface area contributed by atoms with E-state index in [0.29, 0.717) is 17.1 Å². The van der Waals surface area contributed by atoms with Crippen LogP contribution < -0.4 is 14.8 Å². The molecule has 2 aliphatic rings. The van der Waals surface area contributed by atoms with E-state index in [1.54, 1.807) is 18.2 Å². The number of hydrogen-bond acceptors (Lipinski definition) is 5. The first-order chi connectivity index (χ1) is 13.5. The molecule has 0 spiro atoms. The van der Waals surface area contributed by atoms with E-state index in [-0.39, 0.29) is 26.3 Å². The maximum atomic E-state index is 12.6. The van der Waals surface area contributed by atoms with Crippen LogP contribution in [-0.4, -0.2) is 47.2 Å². The summed E-state index contributed by atoms with van der Waals surface area (Å²) in [6.45, 7) is 0.0109.